The topological polar surface area (TPSA) is 75.6 Å². The maximum absolute atomic E-state index is 12.0. The average Bonchev–Trinajstić information content (AvgIpc) is 2.94. The summed E-state index contributed by atoms with van der Waals surface area (Å²) in [6.07, 6.45) is 0.229. The summed E-state index contributed by atoms with van der Waals surface area (Å²) in [6.45, 7) is 2.21. The van der Waals surface area contributed by atoms with Gasteiger partial charge in [0.15, 0.2) is 6.10 Å². The molecule has 0 radical (unpaired) electrons. The fraction of sp³-hybridized carbons (Fsp3) is 0.467. The van der Waals surface area contributed by atoms with E-state index in [0.717, 1.165) is 5.56 Å². The van der Waals surface area contributed by atoms with Gasteiger partial charge in [0, 0.05) is 6.54 Å². The van der Waals surface area contributed by atoms with Crippen LogP contribution in [0.2, 0.25) is 0 Å². The van der Waals surface area contributed by atoms with Gasteiger partial charge in [0.2, 0.25) is 5.91 Å². The van der Waals surface area contributed by atoms with Crippen LogP contribution >= 0.6 is 0 Å². The summed E-state index contributed by atoms with van der Waals surface area (Å²) in [7, 11) is 0. The van der Waals surface area contributed by atoms with Crippen molar-refractivity contribution in [2.24, 2.45) is 0 Å². The fourth-order valence-corrected chi connectivity index (χ4v) is 2.30. The van der Waals surface area contributed by atoms with Crippen molar-refractivity contribution in [2.45, 2.75) is 37.9 Å². The Balaban J connectivity index is 1.80. The van der Waals surface area contributed by atoms with Crippen LogP contribution in [-0.4, -0.2) is 35.7 Å². The van der Waals surface area contributed by atoms with Crippen molar-refractivity contribution in [3.05, 3.63) is 35.9 Å². The number of hydrogen-bond donors (Lipinski definition) is 2. The lowest BCUT2D eigenvalue weighted by Gasteiger charge is -2.15. The van der Waals surface area contributed by atoms with Gasteiger partial charge in [-0.2, -0.15) is 0 Å². The highest BCUT2D eigenvalue weighted by Gasteiger charge is 2.30. The Bertz CT molecular complexity index is 474. The Kier molecular flexibility index (Phi) is 4.74. The number of carbonyl (C=O) groups excluding carboxylic acids is 1. The predicted molar refractivity (Wildman–Crippen MR) is 73.4 cm³/mol. The largest absolute Gasteiger partial charge is 0.479 e. The molecule has 3 atom stereocenters. The zero-order chi connectivity index (χ0) is 14.5. The number of nitrogens with one attached hydrogen (secondary N) is 1. The van der Waals surface area contributed by atoms with E-state index in [4.69, 9.17) is 9.84 Å². The van der Waals surface area contributed by atoms with Crippen LogP contribution in [0.1, 0.15) is 31.2 Å². The standard InChI is InChI=1S/C15H19NO4/c1-10(11-5-3-2-4-6-11)14(17)16-9-12-7-8-13(20-12)15(18)19/h2-6,10,12-13H,7-9H2,1H3,(H,16,17)(H,18,19). The second-order valence-corrected chi connectivity index (χ2v) is 5.04. The molecule has 108 valence electrons. The van der Waals surface area contributed by atoms with Crippen LogP contribution in [0.3, 0.4) is 0 Å². The van der Waals surface area contributed by atoms with E-state index >= 15 is 0 Å². The first-order chi connectivity index (χ1) is 9.58. The molecule has 1 aliphatic heterocycles. The van der Waals surface area contributed by atoms with Gasteiger partial charge in [0.25, 0.3) is 0 Å². The first-order valence-corrected chi connectivity index (χ1v) is 6.79. The van der Waals surface area contributed by atoms with Crippen LogP contribution in [-0.2, 0) is 14.3 Å². The van der Waals surface area contributed by atoms with Gasteiger partial charge in [-0.1, -0.05) is 30.3 Å². The molecule has 1 aromatic rings. The number of carboxylic acids is 1. The molecule has 1 aliphatic rings. The zero-order valence-corrected chi connectivity index (χ0v) is 11.4. The molecule has 1 fully saturated rings. The number of rotatable bonds is 5. The number of amides is 1. The minimum Gasteiger partial charge on any atom is -0.479 e. The van der Waals surface area contributed by atoms with E-state index in [1.165, 1.54) is 0 Å². The van der Waals surface area contributed by atoms with Gasteiger partial charge in [-0.05, 0) is 25.3 Å². The molecule has 0 aromatic heterocycles. The number of ether oxygens (including phenoxy) is 1. The van der Waals surface area contributed by atoms with E-state index in [1.54, 1.807) is 0 Å². The summed E-state index contributed by atoms with van der Waals surface area (Å²) in [5, 5.41) is 11.7. The first-order valence-electron chi connectivity index (χ1n) is 6.79. The third-order valence-corrected chi connectivity index (χ3v) is 3.58. The van der Waals surface area contributed by atoms with Crippen LogP contribution in [0, 0.1) is 0 Å². The van der Waals surface area contributed by atoms with Crippen molar-refractivity contribution < 1.29 is 19.4 Å². The van der Waals surface area contributed by atoms with Crippen molar-refractivity contribution in [2.75, 3.05) is 6.54 Å². The Morgan fingerprint density at radius 1 is 1.35 bits per heavy atom. The fourth-order valence-electron chi connectivity index (χ4n) is 2.30. The first kappa shape index (κ1) is 14.5. The SMILES string of the molecule is CC(C(=O)NCC1CCC(C(=O)O)O1)c1ccccc1. The van der Waals surface area contributed by atoms with Gasteiger partial charge >= 0.3 is 5.97 Å². The van der Waals surface area contributed by atoms with Gasteiger partial charge in [-0.25, -0.2) is 4.79 Å². The lowest BCUT2D eigenvalue weighted by molar-refractivity contribution is -0.149. The van der Waals surface area contributed by atoms with Crippen LogP contribution in [0.4, 0.5) is 0 Å². The summed E-state index contributed by atoms with van der Waals surface area (Å²) in [4.78, 5) is 22.8. The highest BCUT2D eigenvalue weighted by atomic mass is 16.5. The molecule has 1 heterocycles. The molecular formula is C15H19NO4. The summed E-state index contributed by atoms with van der Waals surface area (Å²) < 4.78 is 5.34. The maximum Gasteiger partial charge on any atom is 0.332 e. The molecule has 0 bridgehead atoms. The van der Waals surface area contributed by atoms with E-state index in [0.29, 0.717) is 19.4 Å². The Morgan fingerprint density at radius 3 is 2.65 bits per heavy atom. The van der Waals surface area contributed by atoms with E-state index in [1.807, 2.05) is 37.3 Å². The molecule has 3 unspecified atom stereocenters. The smallest absolute Gasteiger partial charge is 0.332 e. The maximum atomic E-state index is 12.0. The summed E-state index contributed by atoms with van der Waals surface area (Å²) in [6, 6.07) is 9.54. The molecule has 0 aliphatic carbocycles. The van der Waals surface area contributed by atoms with E-state index in [2.05, 4.69) is 5.32 Å². The second-order valence-electron chi connectivity index (χ2n) is 5.04. The van der Waals surface area contributed by atoms with E-state index in [9.17, 15) is 9.59 Å². The molecular weight excluding hydrogens is 258 g/mol. The molecule has 5 heteroatoms. The molecule has 1 saturated heterocycles. The van der Waals surface area contributed by atoms with Crippen molar-refractivity contribution in [3.8, 4) is 0 Å². The second kappa shape index (κ2) is 6.52. The van der Waals surface area contributed by atoms with Gasteiger partial charge < -0.3 is 15.2 Å². The number of aliphatic carboxylic acids is 1. The summed E-state index contributed by atoms with van der Waals surface area (Å²) >= 11 is 0. The van der Waals surface area contributed by atoms with Crippen LogP contribution < -0.4 is 5.32 Å². The van der Waals surface area contributed by atoms with Crippen LogP contribution in [0.25, 0.3) is 0 Å². The van der Waals surface area contributed by atoms with Gasteiger partial charge in [0.1, 0.15) is 0 Å². The average molecular weight is 277 g/mol. The highest BCUT2D eigenvalue weighted by molar-refractivity contribution is 5.83. The quantitative estimate of drug-likeness (QED) is 0.856. The van der Waals surface area contributed by atoms with Crippen molar-refractivity contribution >= 4 is 11.9 Å². The minimum absolute atomic E-state index is 0.0708. The molecule has 2 rings (SSSR count). The number of carbonyl (C=O) groups is 2. The normalized spacial score (nSPS) is 23.2. The van der Waals surface area contributed by atoms with Gasteiger partial charge in [-0.3, -0.25) is 4.79 Å². The number of benzene rings is 1. The molecule has 1 amide bonds. The van der Waals surface area contributed by atoms with Gasteiger partial charge in [0.05, 0.1) is 12.0 Å². The Hall–Kier alpha value is -1.88. The van der Waals surface area contributed by atoms with Crippen molar-refractivity contribution in [1.82, 2.24) is 5.32 Å². The van der Waals surface area contributed by atoms with Crippen LogP contribution in [0.5, 0.6) is 0 Å². The highest BCUT2D eigenvalue weighted by Crippen LogP contribution is 2.20. The Morgan fingerprint density at radius 2 is 2.05 bits per heavy atom. The minimum atomic E-state index is -0.934. The monoisotopic (exact) mass is 277 g/mol. The molecule has 2 N–H and O–H groups in total. The third-order valence-electron chi connectivity index (χ3n) is 3.58. The third kappa shape index (κ3) is 3.57. The van der Waals surface area contributed by atoms with Crippen molar-refractivity contribution in [3.63, 3.8) is 0 Å². The summed E-state index contributed by atoms with van der Waals surface area (Å²) in [5.74, 6) is -1.23. The molecule has 20 heavy (non-hydrogen) atoms. The lowest BCUT2D eigenvalue weighted by Crippen LogP contribution is -2.35. The zero-order valence-electron chi connectivity index (χ0n) is 11.4. The molecule has 5 nitrogen and oxygen atoms in total. The van der Waals surface area contributed by atoms with E-state index in [-0.39, 0.29) is 17.9 Å². The predicted octanol–water partition coefficient (Wildman–Crippen LogP) is 1.54. The molecule has 0 saturated carbocycles. The van der Waals surface area contributed by atoms with E-state index < -0.39 is 12.1 Å². The van der Waals surface area contributed by atoms with Crippen LogP contribution in [0.15, 0.2) is 30.3 Å². The summed E-state index contributed by atoms with van der Waals surface area (Å²) in [5.41, 5.74) is 0.959. The Labute approximate surface area is 117 Å². The van der Waals surface area contributed by atoms with Crippen molar-refractivity contribution in [1.29, 1.82) is 0 Å². The lowest BCUT2D eigenvalue weighted by atomic mass is 10.0. The number of hydrogen-bond acceptors (Lipinski definition) is 3. The number of carboxylic acid groups (broad SMARTS) is 1. The van der Waals surface area contributed by atoms with Gasteiger partial charge in [-0.15, -0.1) is 0 Å². The molecule has 1 aromatic carbocycles. The molecule has 0 spiro atoms.